The van der Waals surface area contributed by atoms with Gasteiger partial charge in [-0.25, -0.2) is 5.43 Å². The number of nitrogens with zero attached hydrogens (tertiary/aromatic N) is 1. The zero-order chi connectivity index (χ0) is 17.5. The fraction of sp³-hybridized carbons (Fsp3) is 0.176. The van der Waals surface area contributed by atoms with Gasteiger partial charge in [0.05, 0.1) is 13.3 Å². The molecule has 0 bridgehead atoms. The van der Waals surface area contributed by atoms with Crippen molar-refractivity contribution in [2.75, 3.05) is 7.11 Å². The summed E-state index contributed by atoms with van der Waals surface area (Å²) in [7, 11) is 1.46. The predicted octanol–water partition coefficient (Wildman–Crippen LogP) is 3.08. The van der Waals surface area contributed by atoms with Gasteiger partial charge in [0.15, 0.2) is 17.6 Å². The molecule has 0 saturated heterocycles. The zero-order valence-corrected chi connectivity index (χ0v) is 14.8. The van der Waals surface area contributed by atoms with Gasteiger partial charge in [-0.15, -0.1) is 0 Å². The molecule has 1 amide bonds. The molecule has 7 heteroatoms. The van der Waals surface area contributed by atoms with Gasteiger partial charge in [0, 0.05) is 10.0 Å². The maximum atomic E-state index is 12.0. The fourth-order valence-electron chi connectivity index (χ4n) is 1.84. The highest BCUT2D eigenvalue weighted by Gasteiger charge is 2.14. The number of hydrazone groups is 1. The zero-order valence-electron chi connectivity index (χ0n) is 13.2. The van der Waals surface area contributed by atoms with Crippen molar-refractivity contribution < 1.29 is 19.4 Å². The van der Waals surface area contributed by atoms with Gasteiger partial charge in [0.25, 0.3) is 5.91 Å². The fourth-order valence-corrected chi connectivity index (χ4v) is 2.10. The maximum Gasteiger partial charge on any atom is 0.280 e. The molecule has 2 N–H and O–H groups in total. The van der Waals surface area contributed by atoms with Crippen molar-refractivity contribution in [3.8, 4) is 17.2 Å². The van der Waals surface area contributed by atoms with Gasteiger partial charge in [-0.1, -0.05) is 22.0 Å². The number of phenols is 1. The van der Waals surface area contributed by atoms with Crippen molar-refractivity contribution in [3.05, 3.63) is 52.5 Å². The molecule has 126 valence electrons. The second kappa shape index (κ2) is 8.35. The van der Waals surface area contributed by atoms with E-state index in [-0.39, 0.29) is 5.75 Å². The summed E-state index contributed by atoms with van der Waals surface area (Å²) in [5.74, 6) is 0.459. The third-order valence-corrected chi connectivity index (χ3v) is 3.65. The van der Waals surface area contributed by atoms with Crippen LogP contribution in [0.15, 0.2) is 52.0 Å². The average molecular weight is 393 g/mol. The number of amides is 1. The van der Waals surface area contributed by atoms with Crippen molar-refractivity contribution in [1.82, 2.24) is 5.43 Å². The minimum Gasteiger partial charge on any atom is -0.504 e. The van der Waals surface area contributed by atoms with Crippen molar-refractivity contribution in [1.29, 1.82) is 0 Å². The molecule has 0 saturated carbocycles. The Bertz CT molecular complexity index is 732. The second-order valence-corrected chi connectivity index (χ2v) is 5.76. The molecule has 1 unspecified atom stereocenters. The van der Waals surface area contributed by atoms with Crippen LogP contribution in [0.4, 0.5) is 0 Å². The summed E-state index contributed by atoms with van der Waals surface area (Å²) in [5, 5.41) is 13.7. The molecular formula is C17H17BrN2O4. The average Bonchev–Trinajstić information content (AvgIpc) is 2.58. The Balaban J connectivity index is 1.93. The first-order valence-corrected chi connectivity index (χ1v) is 7.91. The maximum absolute atomic E-state index is 12.0. The highest BCUT2D eigenvalue weighted by atomic mass is 79.9. The van der Waals surface area contributed by atoms with E-state index < -0.39 is 12.0 Å². The molecule has 0 fully saturated rings. The van der Waals surface area contributed by atoms with Gasteiger partial charge in [-0.2, -0.15) is 5.10 Å². The van der Waals surface area contributed by atoms with Crippen LogP contribution in [0.1, 0.15) is 12.5 Å². The third kappa shape index (κ3) is 4.73. The molecule has 0 heterocycles. The summed E-state index contributed by atoms with van der Waals surface area (Å²) in [6.45, 7) is 1.62. The molecular weight excluding hydrogens is 376 g/mol. The summed E-state index contributed by atoms with van der Waals surface area (Å²) in [6, 6.07) is 12.1. The van der Waals surface area contributed by atoms with Crippen LogP contribution in [-0.2, 0) is 4.79 Å². The highest BCUT2D eigenvalue weighted by Crippen LogP contribution is 2.27. The number of methoxy groups -OCH3 is 1. The number of carbonyl (C=O) groups excluding carboxylic acids is 1. The van der Waals surface area contributed by atoms with Gasteiger partial charge in [0.1, 0.15) is 5.75 Å². The number of aromatic hydroxyl groups is 1. The number of para-hydroxylation sites is 1. The van der Waals surface area contributed by atoms with E-state index in [1.54, 1.807) is 37.3 Å². The topological polar surface area (TPSA) is 80.2 Å². The predicted molar refractivity (Wildman–Crippen MR) is 94.6 cm³/mol. The summed E-state index contributed by atoms with van der Waals surface area (Å²) >= 11 is 3.33. The van der Waals surface area contributed by atoms with Gasteiger partial charge in [-0.05, 0) is 43.3 Å². The lowest BCUT2D eigenvalue weighted by molar-refractivity contribution is -0.127. The van der Waals surface area contributed by atoms with E-state index in [4.69, 9.17) is 9.47 Å². The Morgan fingerprint density at radius 3 is 2.67 bits per heavy atom. The summed E-state index contributed by atoms with van der Waals surface area (Å²) in [5.41, 5.74) is 2.80. The Hall–Kier alpha value is -2.54. The van der Waals surface area contributed by atoms with E-state index in [1.165, 1.54) is 13.3 Å². The lowest BCUT2D eigenvalue weighted by Gasteiger charge is -2.12. The van der Waals surface area contributed by atoms with E-state index in [2.05, 4.69) is 26.5 Å². The number of hydrogen-bond acceptors (Lipinski definition) is 5. The molecule has 6 nitrogen and oxygen atoms in total. The van der Waals surface area contributed by atoms with Crippen molar-refractivity contribution >= 4 is 28.1 Å². The Morgan fingerprint density at radius 1 is 1.29 bits per heavy atom. The Morgan fingerprint density at radius 2 is 2.00 bits per heavy atom. The lowest BCUT2D eigenvalue weighted by atomic mass is 10.2. The monoisotopic (exact) mass is 392 g/mol. The molecule has 24 heavy (non-hydrogen) atoms. The molecule has 2 aromatic rings. The first-order chi connectivity index (χ1) is 11.5. The summed E-state index contributed by atoms with van der Waals surface area (Å²) in [6.07, 6.45) is 0.615. The molecule has 0 aromatic heterocycles. The SMILES string of the molecule is COc1cccc(C=NNC(=O)C(C)Oc2ccc(Br)cc2)c1O. The van der Waals surface area contributed by atoms with Crippen LogP contribution >= 0.6 is 15.9 Å². The minimum atomic E-state index is -0.720. The van der Waals surface area contributed by atoms with Crippen LogP contribution in [0.2, 0.25) is 0 Å². The number of rotatable bonds is 6. The number of benzene rings is 2. The Labute approximate surface area is 148 Å². The van der Waals surface area contributed by atoms with E-state index in [1.807, 2.05) is 12.1 Å². The third-order valence-electron chi connectivity index (χ3n) is 3.12. The van der Waals surface area contributed by atoms with Gasteiger partial charge < -0.3 is 14.6 Å². The quantitative estimate of drug-likeness (QED) is 0.584. The highest BCUT2D eigenvalue weighted by molar-refractivity contribution is 9.10. The molecule has 0 aliphatic carbocycles. The van der Waals surface area contributed by atoms with E-state index in [0.717, 1.165) is 4.47 Å². The second-order valence-electron chi connectivity index (χ2n) is 4.85. The standard InChI is InChI=1S/C17H17BrN2O4/c1-11(24-14-8-6-13(18)7-9-14)17(22)20-19-10-12-4-3-5-15(23-2)16(12)21/h3-11,21H,1-2H3,(H,20,22). The van der Waals surface area contributed by atoms with Gasteiger partial charge in [-0.3, -0.25) is 4.79 Å². The Kier molecular flexibility index (Phi) is 6.20. The summed E-state index contributed by atoms with van der Waals surface area (Å²) < 4.78 is 11.4. The smallest absolute Gasteiger partial charge is 0.280 e. The van der Waals surface area contributed by atoms with Crippen molar-refractivity contribution in [2.45, 2.75) is 13.0 Å². The first kappa shape index (κ1) is 17.8. The van der Waals surface area contributed by atoms with Crippen LogP contribution in [0.5, 0.6) is 17.2 Å². The molecule has 0 spiro atoms. The lowest BCUT2D eigenvalue weighted by Crippen LogP contribution is -2.33. The van der Waals surface area contributed by atoms with Crippen molar-refractivity contribution in [3.63, 3.8) is 0 Å². The number of phenolic OH excluding ortho intramolecular Hbond substituents is 1. The van der Waals surface area contributed by atoms with E-state index in [9.17, 15) is 9.90 Å². The minimum absolute atomic E-state index is 0.0443. The molecule has 0 aliphatic rings. The normalized spacial score (nSPS) is 12.0. The molecule has 0 aliphatic heterocycles. The number of hydrogen-bond donors (Lipinski definition) is 2. The van der Waals surface area contributed by atoms with Crippen LogP contribution in [0.25, 0.3) is 0 Å². The van der Waals surface area contributed by atoms with E-state index >= 15 is 0 Å². The summed E-state index contributed by atoms with van der Waals surface area (Å²) in [4.78, 5) is 12.0. The van der Waals surface area contributed by atoms with Gasteiger partial charge >= 0.3 is 0 Å². The van der Waals surface area contributed by atoms with Crippen LogP contribution in [-0.4, -0.2) is 30.4 Å². The van der Waals surface area contributed by atoms with Gasteiger partial charge in [0.2, 0.25) is 0 Å². The molecule has 2 aromatic carbocycles. The van der Waals surface area contributed by atoms with E-state index in [0.29, 0.717) is 17.1 Å². The van der Waals surface area contributed by atoms with Crippen LogP contribution in [0.3, 0.4) is 0 Å². The first-order valence-electron chi connectivity index (χ1n) is 7.12. The van der Waals surface area contributed by atoms with Crippen LogP contribution < -0.4 is 14.9 Å². The van der Waals surface area contributed by atoms with Crippen molar-refractivity contribution in [2.24, 2.45) is 5.10 Å². The number of nitrogens with one attached hydrogen (secondary N) is 1. The number of ether oxygens (including phenoxy) is 2. The molecule has 2 rings (SSSR count). The largest absolute Gasteiger partial charge is 0.504 e. The molecule has 1 atom stereocenters. The number of halogens is 1. The van der Waals surface area contributed by atoms with Crippen LogP contribution in [0, 0.1) is 0 Å². The molecule has 0 radical (unpaired) electrons. The number of carbonyl (C=O) groups is 1.